The normalized spacial score (nSPS) is 26.4. The fourth-order valence-electron chi connectivity index (χ4n) is 6.55. The molecule has 4 rings (SSSR count). The van der Waals surface area contributed by atoms with Crippen LogP contribution in [-0.4, -0.2) is 0 Å². The fourth-order valence-corrected chi connectivity index (χ4v) is 6.55. The highest BCUT2D eigenvalue weighted by molar-refractivity contribution is 5.84. The van der Waals surface area contributed by atoms with Gasteiger partial charge in [-0.15, -0.1) is 0 Å². The maximum Gasteiger partial charge on any atom is -0.0159 e. The standard InChI is InChI=1S/C31H44/c1-3-5-7-9-11-25-13-15-29-23-31(19-17-27(29)21-25)30-18-16-26-20-24(10-8-6-4-2)12-14-28(26)22-30/h4,6,12,14,16,18,20,22,25,27,29,31H,3,5,7-11,13,15,17,19,21,23H2,1-2H3/b6-4+/t25?,27-,29?,31-/m1/s1. The van der Waals surface area contributed by atoms with Crippen LogP contribution in [0, 0.1) is 17.8 Å². The van der Waals surface area contributed by atoms with Gasteiger partial charge in [0.05, 0.1) is 0 Å². The lowest BCUT2D eigenvalue weighted by molar-refractivity contribution is 0.113. The van der Waals surface area contributed by atoms with Crippen molar-refractivity contribution in [3.8, 4) is 0 Å². The Morgan fingerprint density at radius 3 is 2.52 bits per heavy atom. The Morgan fingerprint density at radius 2 is 1.65 bits per heavy atom. The van der Waals surface area contributed by atoms with Gasteiger partial charge >= 0.3 is 0 Å². The lowest BCUT2D eigenvalue weighted by Gasteiger charge is -2.42. The van der Waals surface area contributed by atoms with E-state index in [9.17, 15) is 0 Å². The quantitative estimate of drug-likeness (QED) is 0.282. The SMILES string of the molecule is C/C=C/CCc1ccc2cc([C@@H]3CC[C@@H]4CC(CCCCCC)CCC4C3)ccc2c1. The molecule has 2 fully saturated rings. The van der Waals surface area contributed by atoms with Crippen LogP contribution in [0.3, 0.4) is 0 Å². The Kier molecular flexibility index (Phi) is 8.28. The Morgan fingerprint density at radius 1 is 0.839 bits per heavy atom. The molecule has 0 bridgehead atoms. The molecule has 0 heteroatoms. The molecule has 0 N–H and O–H groups in total. The fraction of sp³-hybridized carbons (Fsp3) is 0.613. The van der Waals surface area contributed by atoms with Crippen LogP contribution < -0.4 is 0 Å². The van der Waals surface area contributed by atoms with Gasteiger partial charge in [-0.2, -0.15) is 0 Å². The average Bonchev–Trinajstić information content (AvgIpc) is 2.81. The summed E-state index contributed by atoms with van der Waals surface area (Å²) in [6, 6.07) is 14.5. The molecule has 0 amide bonds. The van der Waals surface area contributed by atoms with Gasteiger partial charge in [0.25, 0.3) is 0 Å². The molecule has 31 heavy (non-hydrogen) atoms. The first kappa shape index (κ1) is 22.6. The van der Waals surface area contributed by atoms with Crippen molar-refractivity contribution >= 4 is 10.8 Å². The molecule has 2 aliphatic rings. The zero-order valence-electron chi connectivity index (χ0n) is 20.1. The molecule has 4 atom stereocenters. The molecule has 2 aromatic rings. The summed E-state index contributed by atoms with van der Waals surface area (Å²) in [5, 5.41) is 2.85. The second kappa shape index (κ2) is 11.3. The monoisotopic (exact) mass is 416 g/mol. The minimum Gasteiger partial charge on any atom is -0.0917 e. The molecule has 0 aliphatic heterocycles. The maximum atomic E-state index is 2.51. The van der Waals surface area contributed by atoms with Crippen LogP contribution in [0.15, 0.2) is 48.6 Å². The number of unbranched alkanes of at least 4 members (excludes halogenated alkanes) is 3. The molecular formula is C31H44. The minimum absolute atomic E-state index is 0.793. The smallest absolute Gasteiger partial charge is 0.0159 e. The molecule has 0 radical (unpaired) electrons. The van der Waals surface area contributed by atoms with Gasteiger partial charge in [0.1, 0.15) is 0 Å². The van der Waals surface area contributed by atoms with Crippen LogP contribution in [0.5, 0.6) is 0 Å². The maximum absolute atomic E-state index is 2.51. The van der Waals surface area contributed by atoms with Crippen molar-refractivity contribution in [2.24, 2.45) is 17.8 Å². The molecule has 0 nitrogen and oxygen atoms in total. The number of rotatable bonds is 9. The Labute approximate surface area is 191 Å². The third-order valence-electron chi connectivity index (χ3n) is 8.42. The number of benzene rings is 2. The van der Waals surface area contributed by atoms with E-state index in [1.807, 2.05) is 0 Å². The average molecular weight is 417 g/mol. The summed E-state index contributed by atoms with van der Waals surface area (Å²) >= 11 is 0. The summed E-state index contributed by atoms with van der Waals surface area (Å²) in [7, 11) is 0. The first-order chi connectivity index (χ1) is 15.3. The summed E-state index contributed by atoms with van der Waals surface area (Å²) in [6.07, 6.45) is 22.8. The van der Waals surface area contributed by atoms with Crippen molar-refractivity contribution in [3.05, 3.63) is 59.7 Å². The van der Waals surface area contributed by atoms with Gasteiger partial charge in [0, 0.05) is 0 Å². The second-order valence-electron chi connectivity index (χ2n) is 10.6. The van der Waals surface area contributed by atoms with Gasteiger partial charge < -0.3 is 0 Å². The van der Waals surface area contributed by atoms with Crippen LogP contribution in [0.4, 0.5) is 0 Å². The molecule has 0 saturated heterocycles. The van der Waals surface area contributed by atoms with E-state index in [0.717, 1.165) is 36.5 Å². The van der Waals surface area contributed by atoms with Crippen LogP contribution in [0.25, 0.3) is 10.8 Å². The van der Waals surface area contributed by atoms with E-state index in [-0.39, 0.29) is 0 Å². The van der Waals surface area contributed by atoms with E-state index in [2.05, 4.69) is 62.4 Å². The molecular weight excluding hydrogens is 372 g/mol. The van der Waals surface area contributed by atoms with E-state index in [1.165, 1.54) is 87.0 Å². The van der Waals surface area contributed by atoms with Crippen molar-refractivity contribution < 1.29 is 0 Å². The molecule has 0 aromatic heterocycles. The van der Waals surface area contributed by atoms with E-state index in [1.54, 1.807) is 5.56 Å². The lowest BCUT2D eigenvalue weighted by Crippen LogP contribution is -2.30. The number of allylic oxidation sites excluding steroid dienone is 2. The topological polar surface area (TPSA) is 0 Å². The van der Waals surface area contributed by atoms with Crippen molar-refractivity contribution in [1.29, 1.82) is 0 Å². The highest BCUT2D eigenvalue weighted by Crippen LogP contribution is 2.48. The first-order valence-corrected chi connectivity index (χ1v) is 13.4. The Balaban J connectivity index is 1.33. The minimum atomic E-state index is 0.793. The number of hydrogen-bond acceptors (Lipinski definition) is 0. The Bertz CT molecular complexity index is 844. The van der Waals surface area contributed by atoms with Gasteiger partial charge in [0.2, 0.25) is 0 Å². The summed E-state index contributed by atoms with van der Waals surface area (Å²) in [5.74, 6) is 3.86. The highest BCUT2D eigenvalue weighted by atomic mass is 14.4. The van der Waals surface area contributed by atoms with Gasteiger partial charge in [-0.05, 0) is 97.4 Å². The summed E-state index contributed by atoms with van der Waals surface area (Å²) in [5.41, 5.74) is 3.07. The van der Waals surface area contributed by atoms with Crippen LogP contribution in [-0.2, 0) is 6.42 Å². The predicted octanol–water partition coefficient (Wildman–Crippen LogP) is 9.62. The first-order valence-electron chi connectivity index (χ1n) is 13.4. The molecule has 2 aliphatic carbocycles. The molecule has 2 unspecified atom stereocenters. The van der Waals surface area contributed by atoms with Gasteiger partial charge in [-0.25, -0.2) is 0 Å². The van der Waals surface area contributed by atoms with Crippen molar-refractivity contribution in [2.45, 2.75) is 103 Å². The van der Waals surface area contributed by atoms with Gasteiger partial charge in [-0.3, -0.25) is 0 Å². The van der Waals surface area contributed by atoms with Crippen LogP contribution >= 0.6 is 0 Å². The van der Waals surface area contributed by atoms with Crippen LogP contribution in [0.1, 0.15) is 108 Å². The number of hydrogen-bond donors (Lipinski definition) is 0. The number of aryl methyl sites for hydroxylation is 1. The molecule has 0 heterocycles. The van der Waals surface area contributed by atoms with Gasteiger partial charge in [-0.1, -0.05) is 94.0 Å². The summed E-state index contributed by atoms with van der Waals surface area (Å²) < 4.78 is 0. The highest BCUT2D eigenvalue weighted by Gasteiger charge is 2.35. The van der Waals surface area contributed by atoms with Crippen LogP contribution in [0.2, 0.25) is 0 Å². The molecule has 2 saturated carbocycles. The third kappa shape index (κ3) is 6.03. The van der Waals surface area contributed by atoms with Crippen molar-refractivity contribution in [2.75, 3.05) is 0 Å². The van der Waals surface area contributed by atoms with Crippen molar-refractivity contribution in [1.82, 2.24) is 0 Å². The molecule has 2 aromatic carbocycles. The molecule has 0 spiro atoms. The van der Waals surface area contributed by atoms with Gasteiger partial charge in [0.15, 0.2) is 0 Å². The lowest BCUT2D eigenvalue weighted by atomic mass is 9.63. The zero-order chi connectivity index (χ0) is 21.5. The largest absolute Gasteiger partial charge is 0.0917 e. The number of fused-ring (bicyclic) bond motifs is 2. The van der Waals surface area contributed by atoms with E-state index in [0.29, 0.717) is 0 Å². The second-order valence-corrected chi connectivity index (χ2v) is 10.6. The molecule has 168 valence electrons. The Hall–Kier alpha value is -1.56. The van der Waals surface area contributed by atoms with Crippen molar-refractivity contribution in [3.63, 3.8) is 0 Å². The van der Waals surface area contributed by atoms with E-state index in [4.69, 9.17) is 0 Å². The van der Waals surface area contributed by atoms with E-state index >= 15 is 0 Å². The van der Waals surface area contributed by atoms with E-state index < -0.39 is 0 Å². The summed E-state index contributed by atoms with van der Waals surface area (Å²) in [4.78, 5) is 0. The zero-order valence-corrected chi connectivity index (χ0v) is 20.1. The third-order valence-corrected chi connectivity index (χ3v) is 8.42. The predicted molar refractivity (Wildman–Crippen MR) is 137 cm³/mol. The summed E-state index contributed by atoms with van der Waals surface area (Å²) in [6.45, 7) is 4.43.